The van der Waals surface area contributed by atoms with Crippen molar-refractivity contribution >= 4 is 0 Å². The minimum atomic E-state index is 0.578. The molecule has 0 aliphatic heterocycles. The van der Waals surface area contributed by atoms with E-state index in [1.165, 1.54) is 0 Å². The Morgan fingerprint density at radius 3 is 1.88 bits per heavy atom. The van der Waals surface area contributed by atoms with Gasteiger partial charge in [0.2, 0.25) is 5.75 Å². The summed E-state index contributed by atoms with van der Waals surface area (Å²) in [6, 6.07) is 3.58. The van der Waals surface area contributed by atoms with Crippen molar-refractivity contribution in [2.75, 3.05) is 27.9 Å². The summed E-state index contributed by atoms with van der Waals surface area (Å²) in [7, 11) is 4.74. The molecule has 0 atom stereocenters. The molecule has 0 fully saturated rings. The predicted octanol–water partition coefficient (Wildman–Crippen LogP) is 2.50. The second-order valence-electron chi connectivity index (χ2n) is 3.21. The van der Waals surface area contributed by atoms with Gasteiger partial charge in [0.25, 0.3) is 0 Å². The summed E-state index contributed by atoms with van der Waals surface area (Å²) in [4.78, 5) is 0. The van der Waals surface area contributed by atoms with Crippen molar-refractivity contribution < 1.29 is 18.9 Å². The molecule has 0 amide bonds. The Kier molecular flexibility index (Phi) is 4.76. The monoisotopic (exact) mass is 226 g/mol. The van der Waals surface area contributed by atoms with Crippen LogP contribution in [0.25, 0.3) is 0 Å². The highest BCUT2D eigenvalue weighted by molar-refractivity contribution is 5.55. The van der Waals surface area contributed by atoms with Gasteiger partial charge in [-0.1, -0.05) is 6.92 Å². The predicted molar refractivity (Wildman–Crippen MR) is 61.9 cm³/mol. The first-order chi connectivity index (χ1) is 7.76. The van der Waals surface area contributed by atoms with E-state index in [1.807, 2.05) is 0 Å². The van der Waals surface area contributed by atoms with E-state index in [-0.39, 0.29) is 0 Å². The van der Waals surface area contributed by atoms with Crippen molar-refractivity contribution in [3.63, 3.8) is 0 Å². The minimum Gasteiger partial charge on any atom is -0.493 e. The third-order valence-corrected chi connectivity index (χ3v) is 2.11. The van der Waals surface area contributed by atoms with Gasteiger partial charge in [-0.25, -0.2) is 0 Å². The smallest absolute Gasteiger partial charge is 0.203 e. The van der Waals surface area contributed by atoms with Crippen LogP contribution in [0.15, 0.2) is 12.1 Å². The fourth-order valence-corrected chi connectivity index (χ4v) is 1.36. The van der Waals surface area contributed by atoms with Crippen LogP contribution < -0.4 is 18.9 Å². The average molecular weight is 226 g/mol. The maximum Gasteiger partial charge on any atom is 0.203 e. The lowest BCUT2D eigenvalue weighted by atomic mass is 10.2. The maximum atomic E-state index is 5.52. The Morgan fingerprint density at radius 2 is 1.50 bits per heavy atom. The fraction of sp³-hybridized carbons (Fsp3) is 0.500. The molecule has 0 aliphatic rings. The van der Waals surface area contributed by atoms with Gasteiger partial charge in [0.15, 0.2) is 11.5 Å². The van der Waals surface area contributed by atoms with E-state index in [4.69, 9.17) is 18.9 Å². The summed E-state index contributed by atoms with van der Waals surface area (Å²) in [5.74, 6) is 2.51. The molecule has 0 heterocycles. The first-order valence-corrected chi connectivity index (χ1v) is 5.19. The number of methoxy groups -OCH3 is 3. The van der Waals surface area contributed by atoms with E-state index in [0.717, 1.165) is 12.2 Å². The molecule has 0 bridgehead atoms. The highest BCUT2D eigenvalue weighted by Crippen LogP contribution is 2.40. The van der Waals surface area contributed by atoms with E-state index in [9.17, 15) is 0 Å². The van der Waals surface area contributed by atoms with Crippen LogP contribution in [0, 0.1) is 0 Å². The molecule has 90 valence electrons. The van der Waals surface area contributed by atoms with Gasteiger partial charge in [0.05, 0.1) is 27.9 Å². The molecule has 1 aromatic rings. The normalized spacial score (nSPS) is 9.75. The highest BCUT2D eigenvalue weighted by atomic mass is 16.5. The quantitative estimate of drug-likeness (QED) is 0.746. The number of hydrogen-bond donors (Lipinski definition) is 0. The topological polar surface area (TPSA) is 36.9 Å². The largest absolute Gasteiger partial charge is 0.493 e. The summed E-state index contributed by atoms with van der Waals surface area (Å²) in [5, 5.41) is 0. The van der Waals surface area contributed by atoms with Crippen LogP contribution in [0.3, 0.4) is 0 Å². The molecule has 4 heteroatoms. The second-order valence-corrected chi connectivity index (χ2v) is 3.21. The number of hydrogen-bond acceptors (Lipinski definition) is 4. The van der Waals surface area contributed by atoms with Crippen molar-refractivity contribution in [3.8, 4) is 23.0 Å². The second kappa shape index (κ2) is 6.10. The summed E-state index contributed by atoms with van der Waals surface area (Å²) < 4.78 is 21.2. The molecule has 0 radical (unpaired) electrons. The number of rotatable bonds is 6. The molecule has 16 heavy (non-hydrogen) atoms. The first-order valence-electron chi connectivity index (χ1n) is 5.19. The van der Waals surface area contributed by atoms with Crippen molar-refractivity contribution in [1.82, 2.24) is 0 Å². The third-order valence-electron chi connectivity index (χ3n) is 2.11. The zero-order valence-corrected chi connectivity index (χ0v) is 10.2. The van der Waals surface area contributed by atoms with Gasteiger partial charge in [0, 0.05) is 12.1 Å². The molecule has 0 unspecified atom stereocenters. The molecular weight excluding hydrogens is 208 g/mol. The Morgan fingerprint density at radius 1 is 0.938 bits per heavy atom. The van der Waals surface area contributed by atoms with E-state index in [1.54, 1.807) is 33.5 Å². The van der Waals surface area contributed by atoms with Crippen LogP contribution >= 0.6 is 0 Å². The first kappa shape index (κ1) is 12.5. The summed E-state index contributed by atoms with van der Waals surface area (Å²) in [5.41, 5.74) is 0. The maximum absolute atomic E-state index is 5.52. The van der Waals surface area contributed by atoms with Crippen LogP contribution in [-0.2, 0) is 0 Å². The van der Waals surface area contributed by atoms with Gasteiger partial charge in [-0.15, -0.1) is 0 Å². The molecule has 0 aromatic heterocycles. The highest BCUT2D eigenvalue weighted by Gasteiger charge is 2.13. The summed E-state index contributed by atoms with van der Waals surface area (Å²) in [6.07, 6.45) is 0.955. The minimum absolute atomic E-state index is 0.578. The SMILES string of the molecule is CCCOc1cc(OC)c(OC)c(OC)c1. The van der Waals surface area contributed by atoms with Gasteiger partial charge in [-0.2, -0.15) is 0 Å². The zero-order chi connectivity index (χ0) is 12.0. The molecule has 1 rings (SSSR count). The Bertz CT molecular complexity index is 311. The van der Waals surface area contributed by atoms with Gasteiger partial charge in [0.1, 0.15) is 5.75 Å². The third kappa shape index (κ3) is 2.72. The van der Waals surface area contributed by atoms with Crippen LogP contribution in [0.1, 0.15) is 13.3 Å². The van der Waals surface area contributed by atoms with Gasteiger partial charge in [-0.05, 0) is 6.42 Å². The summed E-state index contributed by atoms with van der Waals surface area (Å²) >= 11 is 0. The molecule has 0 aliphatic carbocycles. The van der Waals surface area contributed by atoms with Crippen LogP contribution in [0.5, 0.6) is 23.0 Å². The molecule has 0 spiro atoms. The Balaban J connectivity index is 3.05. The lowest BCUT2D eigenvalue weighted by Crippen LogP contribution is -1.99. The van der Waals surface area contributed by atoms with Gasteiger partial charge in [-0.3, -0.25) is 0 Å². The Labute approximate surface area is 96.1 Å². The van der Waals surface area contributed by atoms with Crippen LogP contribution in [0.2, 0.25) is 0 Å². The van der Waals surface area contributed by atoms with Gasteiger partial charge < -0.3 is 18.9 Å². The molecule has 1 aromatic carbocycles. The zero-order valence-electron chi connectivity index (χ0n) is 10.2. The van der Waals surface area contributed by atoms with Crippen molar-refractivity contribution in [2.45, 2.75) is 13.3 Å². The molecule has 4 nitrogen and oxygen atoms in total. The van der Waals surface area contributed by atoms with Crippen molar-refractivity contribution in [2.24, 2.45) is 0 Å². The Hall–Kier alpha value is -1.58. The van der Waals surface area contributed by atoms with E-state index >= 15 is 0 Å². The lowest BCUT2D eigenvalue weighted by Gasteiger charge is -2.14. The molecule has 0 saturated heterocycles. The van der Waals surface area contributed by atoms with E-state index < -0.39 is 0 Å². The number of ether oxygens (including phenoxy) is 4. The van der Waals surface area contributed by atoms with Crippen molar-refractivity contribution in [3.05, 3.63) is 12.1 Å². The fourth-order valence-electron chi connectivity index (χ4n) is 1.36. The van der Waals surface area contributed by atoms with Crippen LogP contribution in [0.4, 0.5) is 0 Å². The lowest BCUT2D eigenvalue weighted by molar-refractivity contribution is 0.298. The van der Waals surface area contributed by atoms with E-state index in [2.05, 4.69) is 6.92 Å². The number of benzene rings is 1. The van der Waals surface area contributed by atoms with Gasteiger partial charge >= 0.3 is 0 Å². The summed E-state index contributed by atoms with van der Waals surface area (Å²) in [6.45, 7) is 2.72. The molecular formula is C12H18O4. The molecule has 0 saturated carbocycles. The van der Waals surface area contributed by atoms with Crippen molar-refractivity contribution in [1.29, 1.82) is 0 Å². The average Bonchev–Trinajstić information content (AvgIpc) is 2.34. The van der Waals surface area contributed by atoms with E-state index in [0.29, 0.717) is 23.9 Å². The molecule has 0 N–H and O–H groups in total. The standard InChI is InChI=1S/C12H18O4/c1-5-6-16-9-7-10(13-2)12(15-4)11(8-9)14-3/h7-8H,5-6H2,1-4H3. The van der Waals surface area contributed by atoms with Crippen LogP contribution in [-0.4, -0.2) is 27.9 Å².